The Morgan fingerprint density at radius 2 is 1.26 bits per heavy atom. The zero-order chi connectivity index (χ0) is 25.2. The Morgan fingerprint density at radius 3 is 1.86 bits per heavy atom. The molecule has 1 aliphatic rings. The Balaban J connectivity index is 1.41. The zero-order valence-corrected chi connectivity index (χ0v) is 21.6. The molecule has 35 heavy (non-hydrogen) atoms. The summed E-state index contributed by atoms with van der Waals surface area (Å²) in [6.07, 6.45) is 19.3. The van der Waals surface area contributed by atoms with E-state index in [1.165, 1.54) is 89.7 Å². The van der Waals surface area contributed by atoms with Crippen molar-refractivity contribution in [3.05, 3.63) is 58.7 Å². The van der Waals surface area contributed by atoms with Crippen LogP contribution in [0, 0.1) is 36.1 Å². The fraction of sp³-hybridized carbons (Fsp3) is 0.613. The lowest BCUT2D eigenvalue weighted by Crippen LogP contribution is -2.13. The molecular formula is C31H42F4. The summed E-state index contributed by atoms with van der Waals surface area (Å²) in [5, 5.41) is 0. The third-order valence-electron chi connectivity index (χ3n) is 7.96. The van der Waals surface area contributed by atoms with Crippen molar-refractivity contribution in [1.29, 1.82) is 0 Å². The Bertz CT molecular complexity index is 928. The van der Waals surface area contributed by atoms with Crippen LogP contribution >= 0.6 is 0 Å². The van der Waals surface area contributed by atoms with Gasteiger partial charge >= 0.3 is 0 Å². The molecular weight excluding hydrogens is 448 g/mol. The van der Waals surface area contributed by atoms with Gasteiger partial charge < -0.3 is 0 Å². The third-order valence-corrected chi connectivity index (χ3v) is 7.96. The topological polar surface area (TPSA) is 0 Å². The van der Waals surface area contributed by atoms with Crippen LogP contribution in [0.15, 0.2) is 24.3 Å². The first kappa shape index (κ1) is 27.7. The molecule has 0 saturated heterocycles. The molecule has 1 aliphatic carbocycles. The lowest BCUT2D eigenvalue weighted by Gasteiger charge is -2.29. The maximum absolute atomic E-state index is 14.9. The summed E-state index contributed by atoms with van der Waals surface area (Å²) < 4.78 is 57.1. The normalized spacial score (nSPS) is 18.2. The largest absolute Gasteiger partial charge is 0.207 e. The van der Waals surface area contributed by atoms with Gasteiger partial charge in [-0.2, -0.15) is 0 Å². The van der Waals surface area contributed by atoms with Gasteiger partial charge in [0, 0.05) is 16.7 Å². The number of benzene rings is 2. The number of hydrogen-bond acceptors (Lipinski definition) is 0. The molecule has 0 nitrogen and oxygen atoms in total. The fourth-order valence-corrected chi connectivity index (χ4v) is 5.59. The molecule has 0 spiro atoms. The second-order valence-corrected chi connectivity index (χ2v) is 10.6. The SMILES string of the molecule is CCCCCCCCCCCCC1CCC(c2ccc(-c3cc(F)c(C)c(F)c3F)c(F)c2)CC1. The van der Waals surface area contributed by atoms with Crippen molar-refractivity contribution in [3.63, 3.8) is 0 Å². The Hall–Kier alpha value is -1.84. The van der Waals surface area contributed by atoms with Crippen molar-refractivity contribution in [3.8, 4) is 11.1 Å². The average Bonchev–Trinajstić information content (AvgIpc) is 2.86. The number of rotatable bonds is 13. The van der Waals surface area contributed by atoms with E-state index < -0.39 is 28.8 Å². The third kappa shape index (κ3) is 7.82. The maximum Gasteiger partial charge on any atom is 0.167 e. The summed E-state index contributed by atoms with van der Waals surface area (Å²) in [7, 11) is 0. The van der Waals surface area contributed by atoms with E-state index in [1.807, 2.05) is 0 Å². The van der Waals surface area contributed by atoms with E-state index in [0.717, 1.165) is 43.2 Å². The van der Waals surface area contributed by atoms with E-state index in [1.54, 1.807) is 6.07 Å². The minimum Gasteiger partial charge on any atom is -0.207 e. The minimum atomic E-state index is -1.26. The zero-order valence-electron chi connectivity index (χ0n) is 21.6. The van der Waals surface area contributed by atoms with Crippen molar-refractivity contribution in [1.82, 2.24) is 0 Å². The fourth-order valence-electron chi connectivity index (χ4n) is 5.59. The standard InChI is InChI=1S/C31H42F4/c1-3-4-5-6-7-8-9-10-11-12-13-23-14-16-24(17-15-23)25-18-19-26(29(33)20-25)27-21-28(32)22(2)30(34)31(27)35/h18-21,23-24H,3-17H2,1-2H3. The van der Waals surface area contributed by atoms with Gasteiger partial charge in [0.05, 0.1) is 0 Å². The summed E-state index contributed by atoms with van der Waals surface area (Å²) in [6, 6.07) is 5.57. The lowest BCUT2D eigenvalue weighted by atomic mass is 9.77. The molecule has 194 valence electrons. The lowest BCUT2D eigenvalue weighted by molar-refractivity contribution is 0.301. The Kier molecular flexibility index (Phi) is 11.1. The number of halogens is 4. The smallest absolute Gasteiger partial charge is 0.167 e. The van der Waals surface area contributed by atoms with Crippen LogP contribution in [0.1, 0.15) is 120 Å². The Morgan fingerprint density at radius 1 is 0.657 bits per heavy atom. The van der Waals surface area contributed by atoms with E-state index in [-0.39, 0.29) is 11.1 Å². The van der Waals surface area contributed by atoms with Gasteiger partial charge in [-0.1, -0.05) is 89.7 Å². The molecule has 0 unspecified atom stereocenters. The van der Waals surface area contributed by atoms with Gasteiger partial charge in [0.1, 0.15) is 11.6 Å². The average molecular weight is 491 g/mol. The van der Waals surface area contributed by atoms with Crippen LogP contribution in [-0.4, -0.2) is 0 Å². The second-order valence-electron chi connectivity index (χ2n) is 10.6. The van der Waals surface area contributed by atoms with Crippen LogP contribution in [-0.2, 0) is 0 Å². The van der Waals surface area contributed by atoms with E-state index in [0.29, 0.717) is 5.92 Å². The molecule has 0 heterocycles. The molecule has 0 radical (unpaired) electrons. The van der Waals surface area contributed by atoms with Gasteiger partial charge in [-0.3, -0.25) is 0 Å². The summed E-state index contributed by atoms with van der Waals surface area (Å²) in [6.45, 7) is 3.43. The molecule has 0 atom stereocenters. The van der Waals surface area contributed by atoms with Crippen LogP contribution in [0.4, 0.5) is 17.6 Å². The van der Waals surface area contributed by atoms with E-state index in [2.05, 4.69) is 6.92 Å². The molecule has 0 N–H and O–H groups in total. The predicted octanol–water partition coefficient (Wildman–Crippen LogP) is 10.8. The first-order valence-electron chi connectivity index (χ1n) is 13.9. The summed E-state index contributed by atoms with van der Waals surface area (Å²) in [5.74, 6) is -2.91. The van der Waals surface area contributed by atoms with Crippen molar-refractivity contribution >= 4 is 0 Å². The van der Waals surface area contributed by atoms with Crippen LogP contribution in [0.25, 0.3) is 11.1 Å². The van der Waals surface area contributed by atoms with Crippen molar-refractivity contribution in [2.75, 3.05) is 0 Å². The summed E-state index contributed by atoms with van der Waals surface area (Å²) in [5.41, 5.74) is 0.0449. The quantitative estimate of drug-likeness (QED) is 0.149. The molecule has 0 bridgehead atoms. The maximum atomic E-state index is 14.9. The first-order chi connectivity index (χ1) is 16.9. The predicted molar refractivity (Wildman–Crippen MR) is 138 cm³/mol. The van der Waals surface area contributed by atoms with Gasteiger partial charge in [0.15, 0.2) is 11.6 Å². The van der Waals surface area contributed by atoms with Crippen LogP contribution in [0.2, 0.25) is 0 Å². The van der Waals surface area contributed by atoms with Crippen LogP contribution in [0.3, 0.4) is 0 Å². The summed E-state index contributed by atoms with van der Waals surface area (Å²) >= 11 is 0. The van der Waals surface area contributed by atoms with Gasteiger partial charge in [0.2, 0.25) is 0 Å². The van der Waals surface area contributed by atoms with Crippen molar-refractivity contribution in [2.45, 2.75) is 116 Å². The molecule has 0 aromatic heterocycles. The molecule has 4 heteroatoms. The monoisotopic (exact) mass is 490 g/mol. The van der Waals surface area contributed by atoms with E-state index in [4.69, 9.17) is 0 Å². The highest BCUT2D eigenvalue weighted by atomic mass is 19.2. The van der Waals surface area contributed by atoms with E-state index >= 15 is 0 Å². The van der Waals surface area contributed by atoms with Crippen LogP contribution < -0.4 is 0 Å². The van der Waals surface area contributed by atoms with Gasteiger partial charge in [0.25, 0.3) is 0 Å². The highest BCUT2D eigenvalue weighted by Crippen LogP contribution is 2.39. The van der Waals surface area contributed by atoms with Crippen molar-refractivity contribution in [2.24, 2.45) is 5.92 Å². The summed E-state index contributed by atoms with van der Waals surface area (Å²) in [4.78, 5) is 0. The molecule has 0 amide bonds. The second kappa shape index (κ2) is 14.0. The first-order valence-corrected chi connectivity index (χ1v) is 13.9. The van der Waals surface area contributed by atoms with E-state index in [9.17, 15) is 17.6 Å². The van der Waals surface area contributed by atoms with Gasteiger partial charge in [-0.05, 0) is 62.1 Å². The molecule has 2 aromatic rings. The van der Waals surface area contributed by atoms with Gasteiger partial charge in [-0.25, -0.2) is 17.6 Å². The number of hydrogen-bond donors (Lipinski definition) is 0. The highest BCUT2D eigenvalue weighted by Gasteiger charge is 2.24. The molecule has 0 aliphatic heterocycles. The molecule has 1 fully saturated rings. The van der Waals surface area contributed by atoms with Gasteiger partial charge in [-0.15, -0.1) is 0 Å². The minimum absolute atomic E-state index is 0.0984. The highest BCUT2D eigenvalue weighted by molar-refractivity contribution is 5.66. The Labute approximate surface area is 209 Å². The molecule has 2 aromatic carbocycles. The van der Waals surface area contributed by atoms with Crippen LogP contribution in [0.5, 0.6) is 0 Å². The number of unbranched alkanes of at least 4 members (excludes halogenated alkanes) is 9. The van der Waals surface area contributed by atoms with Crippen molar-refractivity contribution < 1.29 is 17.6 Å². The molecule has 3 rings (SSSR count). The molecule has 1 saturated carbocycles.